The molecule has 10 heteroatoms. The summed E-state index contributed by atoms with van der Waals surface area (Å²) < 4.78 is 33.6. The summed E-state index contributed by atoms with van der Waals surface area (Å²) in [6.07, 6.45) is 2.68. The van der Waals surface area contributed by atoms with E-state index in [1.165, 1.54) is 17.1 Å². The van der Waals surface area contributed by atoms with Crippen molar-refractivity contribution in [2.24, 2.45) is 7.05 Å². The minimum atomic E-state index is -3.72. The Labute approximate surface area is 143 Å². The van der Waals surface area contributed by atoms with Crippen molar-refractivity contribution in [2.75, 3.05) is 0 Å². The number of hydrogen-bond donors (Lipinski definition) is 1. The number of nitrogens with zero attached hydrogens (tertiary/aromatic N) is 4. The zero-order valence-electron chi connectivity index (χ0n) is 12.8. The van der Waals surface area contributed by atoms with E-state index in [0.717, 1.165) is 0 Å². The first-order valence-electron chi connectivity index (χ1n) is 6.96. The average molecular weight is 368 g/mol. The van der Waals surface area contributed by atoms with E-state index in [9.17, 15) is 8.42 Å². The Morgan fingerprint density at radius 3 is 2.62 bits per heavy atom. The topological polar surface area (TPSA) is 103 Å². The molecule has 0 amide bonds. The molecule has 0 aliphatic carbocycles. The van der Waals surface area contributed by atoms with Crippen LogP contribution in [0.2, 0.25) is 5.02 Å². The highest BCUT2D eigenvalue weighted by Crippen LogP contribution is 2.22. The zero-order valence-corrected chi connectivity index (χ0v) is 14.4. The van der Waals surface area contributed by atoms with Crippen LogP contribution in [0.5, 0.6) is 0 Å². The molecule has 0 radical (unpaired) electrons. The molecule has 0 unspecified atom stereocenters. The highest BCUT2D eigenvalue weighted by molar-refractivity contribution is 7.89. The minimum absolute atomic E-state index is 0.0678. The molecule has 3 aromatic rings. The van der Waals surface area contributed by atoms with Gasteiger partial charge in [-0.25, -0.2) is 13.1 Å². The summed E-state index contributed by atoms with van der Waals surface area (Å²) in [7, 11) is -2.08. The molecular formula is C14H14ClN5O3S. The molecule has 1 atom stereocenters. The van der Waals surface area contributed by atoms with Crippen molar-refractivity contribution in [3.8, 4) is 11.5 Å². The maximum atomic E-state index is 12.3. The van der Waals surface area contributed by atoms with E-state index in [2.05, 4.69) is 20.0 Å². The molecule has 0 aliphatic heterocycles. The average Bonchev–Trinajstić information content (AvgIpc) is 3.17. The van der Waals surface area contributed by atoms with Crippen LogP contribution in [0.25, 0.3) is 11.5 Å². The SMILES string of the molecule is C[C@@H](NS(=O)(=O)c1cnn(C)c1)c1noc(-c2ccc(Cl)cc2)n1. The maximum Gasteiger partial charge on any atom is 0.257 e. The van der Waals surface area contributed by atoms with Crippen LogP contribution in [0.4, 0.5) is 0 Å². The Balaban J connectivity index is 1.78. The Bertz CT molecular complexity index is 949. The standard InChI is InChI=1S/C14H14ClN5O3S/c1-9(19-24(21,22)12-7-16-20(2)8-12)13-17-14(23-18-13)10-3-5-11(15)6-4-10/h3-9,19H,1-2H3/t9-/m1/s1. The van der Waals surface area contributed by atoms with E-state index < -0.39 is 16.1 Å². The summed E-state index contributed by atoms with van der Waals surface area (Å²) in [6.45, 7) is 1.63. The van der Waals surface area contributed by atoms with Crippen molar-refractivity contribution in [3.05, 3.63) is 47.5 Å². The summed E-state index contributed by atoms with van der Waals surface area (Å²) >= 11 is 5.84. The molecule has 0 saturated heterocycles. The first-order valence-corrected chi connectivity index (χ1v) is 8.82. The molecule has 0 fully saturated rings. The van der Waals surface area contributed by atoms with Crippen LogP contribution in [-0.4, -0.2) is 28.3 Å². The molecule has 8 nitrogen and oxygen atoms in total. The smallest absolute Gasteiger partial charge is 0.257 e. The second-order valence-electron chi connectivity index (χ2n) is 5.16. The van der Waals surface area contributed by atoms with Crippen LogP contribution < -0.4 is 4.72 Å². The number of halogens is 1. The van der Waals surface area contributed by atoms with E-state index in [0.29, 0.717) is 10.6 Å². The van der Waals surface area contributed by atoms with Gasteiger partial charge in [-0.3, -0.25) is 4.68 Å². The van der Waals surface area contributed by atoms with Crippen molar-refractivity contribution < 1.29 is 12.9 Å². The molecule has 0 aliphatic rings. The van der Waals surface area contributed by atoms with Crippen LogP contribution >= 0.6 is 11.6 Å². The molecule has 0 bridgehead atoms. The molecule has 2 heterocycles. The Morgan fingerprint density at radius 1 is 1.29 bits per heavy atom. The van der Waals surface area contributed by atoms with Gasteiger partial charge < -0.3 is 4.52 Å². The van der Waals surface area contributed by atoms with Gasteiger partial charge in [0.2, 0.25) is 10.0 Å². The predicted octanol–water partition coefficient (Wildman–Crippen LogP) is 2.16. The molecule has 126 valence electrons. The van der Waals surface area contributed by atoms with Crippen LogP contribution in [-0.2, 0) is 17.1 Å². The Morgan fingerprint density at radius 2 is 2.00 bits per heavy atom. The van der Waals surface area contributed by atoms with Gasteiger partial charge in [0, 0.05) is 23.8 Å². The largest absolute Gasteiger partial charge is 0.334 e. The molecule has 2 aromatic heterocycles. The highest BCUT2D eigenvalue weighted by atomic mass is 35.5. The first-order chi connectivity index (χ1) is 11.3. The number of nitrogens with one attached hydrogen (secondary N) is 1. The van der Waals surface area contributed by atoms with Gasteiger partial charge in [-0.05, 0) is 31.2 Å². The van der Waals surface area contributed by atoms with Gasteiger partial charge in [0.25, 0.3) is 5.89 Å². The fourth-order valence-electron chi connectivity index (χ4n) is 2.01. The monoisotopic (exact) mass is 367 g/mol. The van der Waals surface area contributed by atoms with Gasteiger partial charge in [0.1, 0.15) is 4.90 Å². The fourth-order valence-corrected chi connectivity index (χ4v) is 3.32. The summed E-state index contributed by atoms with van der Waals surface area (Å²) in [5.74, 6) is 0.515. The second-order valence-corrected chi connectivity index (χ2v) is 7.31. The lowest BCUT2D eigenvalue weighted by atomic mass is 10.2. The van der Waals surface area contributed by atoms with Gasteiger partial charge in [-0.15, -0.1) is 0 Å². The third kappa shape index (κ3) is 3.48. The van der Waals surface area contributed by atoms with Crippen molar-refractivity contribution in [2.45, 2.75) is 17.9 Å². The summed E-state index contributed by atoms with van der Waals surface area (Å²) in [5, 5.41) is 8.28. The van der Waals surface area contributed by atoms with Crippen LogP contribution in [0.15, 0.2) is 46.1 Å². The number of hydrogen-bond acceptors (Lipinski definition) is 6. The van der Waals surface area contributed by atoms with E-state index in [4.69, 9.17) is 16.1 Å². The summed E-state index contributed by atoms with van der Waals surface area (Å²) in [6, 6.07) is 6.22. The van der Waals surface area contributed by atoms with E-state index >= 15 is 0 Å². The molecule has 24 heavy (non-hydrogen) atoms. The summed E-state index contributed by atoms with van der Waals surface area (Å²) in [5.41, 5.74) is 0.695. The van der Waals surface area contributed by atoms with Crippen molar-refractivity contribution >= 4 is 21.6 Å². The van der Waals surface area contributed by atoms with Gasteiger partial charge in [-0.2, -0.15) is 10.1 Å². The first kappa shape index (κ1) is 16.6. The number of benzene rings is 1. The van der Waals surface area contributed by atoms with Crippen molar-refractivity contribution in [1.82, 2.24) is 24.6 Å². The second kappa shape index (κ2) is 6.34. The highest BCUT2D eigenvalue weighted by Gasteiger charge is 2.23. The lowest BCUT2D eigenvalue weighted by Crippen LogP contribution is -2.27. The molecule has 1 N–H and O–H groups in total. The lowest BCUT2D eigenvalue weighted by molar-refractivity contribution is 0.415. The molecular weight excluding hydrogens is 354 g/mol. The van der Waals surface area contributed by atoms with Gasteiger partial charge in [-0.1, -0.05) is 16.8 Å². The van der Waals surface area contributed by atoms with E-state index in [1.807, 2.05) is 0 Å². The Kier molecular flexibility index (Phi) is 4.39. The van der Waals surface area contributed by atoms with E-state index in [-0.39, 0.29) is 16.6 Å². The fraction of sp³-hybridized carbons (Fsp3) is 0.214. The molecule has 0 spiro atoms. The maximum absolute atomic E-state index is 12.3. The Hall–Kier alpha value is -2.23. The van der Waals surface area contributed by atoms with E-state index in [1.54, 1.807) is 38.2 Å². The van der Waals surface area contributed by atoms with Gasteiger partial charge >= 0.3 is 0 Å². The number of aromatic nitrogens is 4. The van der Waals surface area contributed by atoms with Crippen LogP contribution in [0.3, 0.4) is 0 Å². The normalized spacial score (nSPS) is 13.1. The zero-order chi connectivity index (χ0) is 17.3. The quantitative estimate of drug-likeness (QED) is 0.741. The number of sulfonamides is 1. The lowest BCUT2D eigenvalue weighted by Gasteiger charge is -2.08. The number of rotatable bonds is 5. The summed E-state index contributed by atoms with van der Waals surface area (Å²) in [4.78, 5) is 4.29. The van der Waals surface area contributed by atoms with Crippen molar-refractivity contribution in [1.29, 1.82) is 0 Å². The third-order valence-corrected chi connectivity index (χ3v) is 4.99. The molecule has 1 aromatic carbocycles. The van der Waals surface area contributed by atoms with Crippen molar-refractivity contribution in [3.63, 3.8) is 0 Å². The minimum Gasteiger partial charge on any atom is -0.334 e. The number of aryl methyl sites for hydroxylation is 1. The predicted molar refractivity (Wildman–Crippen MR) is 86.7 cm³/mol. The van der Waals surface area contributed by atoms with Gasteiger partial charge in [0.15, 0.2) is 5.82 Å². The van der Waals surface area contributed by atoms with Gasteiger partial charge in [0.05, 0.1) is 12.2 Å². The van der Waals surface area contributed by atoms with Crippen LogP contribution in [0.1, 0.15) is 18.8 Å². The molecule has 3 rings (SSSR count). The third-order valence-electron chi connectivity index (χ3n) is 3.24. The molecule has 0 saturated carbocycles. The van der Waals surface area contributed by atoms with Crippen LogP contribution in [0, 0.1) is 0 Å².